The van der Waals surface area contributed by atoms with Gasteiger partial charge in [-0.1, -0.05) is 13.8 Å². The van der Waals surface area contributed by atoms with Crippen LogP contribution in [0.2, 0.25) is 0 Å². The molecule has 5 nitrogen and oxygen atoms in total. The number of carbonyl (C=O) groups is 2. The molecule has 1 aliphatic rings. The summed E-state index contributed by atoms with van der Waals surface area (Å²) in [6.07, 6.45) is 4.35. The van der Waals surface area contributed by atoms with E-state index in [9.17, 15) is 9.59 Å². The molecule has 5 heteroatoms. The van der Waals surface area contributed by atoms with Gasteiger partial charge in [0.1, 0.15) is 5.60 Å². The summed E-state index contributed by atoms with van der Waals surface area (Å²) in [7, 11) is 0. The average molecular weight is 340 g/mol. The van der Waals surface area contributed by atoms with Crippen molar-refractivity contribution in [2.75, 3.05) is 0 Å². The molecular weight excluding hydrogens is 316 g/mol. The molecule has 0 bridgehead atoms. The molecule has 2 heterocycles. The monoisotopic (exact) mass is 340 g/mol. The van der Waals surface area contributed by atoms with E-state index >= 15 is 0 Å². The number of ketones is 1. The summed E-state index contributed by atoms with van der Waals surface area (Å²) >= 11 is 0. The van der Waals surface area contributed by atoms with E-state index in [1.54, 1.807) is 6.08 Å². The molecule has 3 rings (SSSR count). The minimum atomic E-state index is -0.561. The van der Waals surface area contributed by atoms with Gasteiger partial charge in [0.25, 0.3) is 0 Å². The largest absolute Gasteiger partial charge is 0.443 e. The van der Waals surface area contributed by atoms with Crippen molar-refractivity contribution in [3.8, 4) is 0 Å². The third kappa shape index (κ3) is 3.50. The Morgan fingerprint density at radius 2 is 1.96 bits per heavy atom. The lowest BCUT2D eigenvalue weighted by Gasteiger charge is -2.19. The van der Waals surface area contributed by atoms with Crippen LogP contribution < -0.4 is 0 Å². The Bertz CT molecular complexity index is 882. The van der Waals surface area contributed by atoms with E-state index in [0.717, 1.165) is 34.3 Å². The Labute approximate surface area is 147 Å². The zero-order valence-corrected chi connectivity index (χ0v) is 15.4. The summed E-state index contributed by atoms with van der Waals surface area (Å²) in [5.41, 5.74) is 3.72. The lowest BCUT2D eigenvalue weighted by Crippen LogP contribution is -2.26. The molecule has 0 fully saturated rings. The topological polar surface area (TPSA) is 61.2 Å². The number of hydrogen-bond acceptors (Lipinski definition) is 4. The number of nitrogens with zero attached hydrogens (tertiary/aromatic N) is 2. The molecule has 132 valence electrons. The van der Waals surface area contributed by atoms with Crippen molar-refractivity contribution in [3.63, 3.8) is 0 Å². The van der Waals surface area contributed by atoms with Gasteiger partial charge in [-0.3, -0.25) is 9.36 Å². The molecule has 0 N–H and O–H groups in total. The summed E-state index contributed by atoms with van der Waals surface area (Å²) < 4.78 is 7.04. The van der Waals surface area contributed by atoms with Crippen LogP contribution in [-0.2, 0) is 9.53 Å². The molecule has 0 saturated heterocycles. The number of aromatic nitrogens is 2. The van der Waals surface area contributed by atoms with Crippen LogP contribution in [0.5, 0.6) is 0 Å². The molecule has 2 aromatic heterocycles. The summed E-state index contributed by atoms with van der Waals surface area (Å²) in [5.74, 6) is 0.362. The maximum Gasteiger partial charge on any atom is 0.419 e. The fraction of sp³-hybridized carbons (Fsp3) is 0.450. The van der Waals surface area contributed by atoms with Gasteiger partial charge in [0, 0.05) is 12.6 Å². The maximum absolute atomic E-state index is 12.6. The standard InChI is InChI=1S/C20H24N2O3/c1-12(2)15-11-22(19(24)25-20(3,4)5)17-9-8-16(21-18(15)17)13-6-7-14(23)10-13/h8-12H,6-7H2,1-5H3. The van der Waals surface area contributed by atoms with Crippen LogP contribution in [-0.4, -0.2) is 27.0 Å². The third-order valence-corrected chi connectivity index (χ3v) is 4.19. The number of ether oxygens (including phenoxy) is 1. The SMILES string of the molecule is CC(C)c1cn(C(=O)OC(C)(C)C)c2ccc(C3=CC(=O)CC3)nc12. The molecule has 0 aliphatic heterocycles. The number of allylic oxidation sites excluding steroid dienone is 2. The molecule has 0 unspecified atom stereocenters. The van der Waals surface area contributed by atoms with Gasteiger partial charge >= 0.3 is 6.09 Å². The van der Waals surface area contributed by atoms with Crippen LogP contribution in [0, 0.1) is 0 Å². The minimum Gasteiger partial charge on any atom is -0.443 e. The molecule has 0 atom stereocenters. The van der Waals surface area contributed by atoms with Crippen molar-refractivity contribution in [3.05, 3.63) is 35.7 Å². The fourth-order valence-electron chi connectivity index (χ4n) is 2.99. The second kappa shape index (κ2) is 6.14. The first-order valence-electron chi connectivity index (χ1n) is 8.65. The molecule has 0 aromatic carbocycles. The normalized spacial score (nSPS) is 15.1. The second-order valence-electron chi connectivity index (χ2n) is 7.79. The van der Waals surface area contributed by atoms with E-state index in [1.165, 1.54) is 4.57 Å². The number of carbonyl (C=O) groups excluding carboxylic acids is 2. The lowest BCUT2D eigenvalue weighted by atomic mass is 10.1. The van der Waals surface area contributed by atoms with Gasteiger partial charge < -0.3 is 4.74 Å². The predicted octanol–water partition coefficient (Wildman–Crippen LogP) is 4.69. The average Bonchev–Trinajstić information content (AvgIpc) is 3.08. The van der Waals surface area contributed by atoms with E-state index in [1.807, 2.05) is 39.1 Å². The zero-order chi connectivity index (χ0) is 18.4. The second-order valence-corrected chi connectivity index (χ2v) is 7.79. The van der Waals surface area contributed by atoms with E-state index in [2.05, 4.69) is 13.8 Å². The van der Waals surface area contributed by atoms with Crippen molar-refractivity contribution >= 4 is 28.5 Å². The lowest BCUT2D eigenvalue weighted by molar-refractivity contribution is -0.114. The first-order chi connectivity index (χ1) is 11.7. The number of fused-ring (bicyclic) bond motifs is 1. The van der Waals surface area contributed by atoms with Crippen LogP contribution in [0.1, 0.15) is 64.6 Å². The van der Waals surface area contributed by atoms with Crippen molar-refractivity contribution in [1.82, 2.24) is 9.55 Å². The fourth-order valence-corrected chi connectivity index (χ4v) is 2.99. The molecular formula is C20H24N2O3. The van der Waals surface area contributed by atoms with E-state index in [4.69, 9.17) is 9.72 Å². The highest BCUT2D eigenvalue weighted by molar-refractivity contribution is 6.01. The van der Waals surface area contributed by atoms with Crippen molar-refractivity contribution in [1.29, 1.82) is 0 Å². The molecule has 0 spiro atoms. The molecule has 2 aromatic rings. The van der Waals surface area contributed by atoms with Crippen molar-refractivity contribution in [2.45, 2.75) is 59.0 Å². The van der Waals surface area contributed by atoms with Gasteiger partial charge in [-0.25, -0.2) is 9.78 Å². The van der Waals surface area contributed by atoms with Crippen LogP contribution in [0.15, 0.2) is 24.4 Å². The van der Waals surface area contributed by atoms with Gasteiger partial charge in [-0.15, -0.1) is 0 Å². The first kappa shape index (κ1) is 17.4. The smallest absolute Gasteiger partial charge is 0.419 e. The summed E-state index contributed by atoms with van der Waals surface area (Å²) in [4.78, 5) is 28.8. The van der Waals surface area contributed by atoms with Crippen LogP contribution in [0.4, 0.5) is 4.79 Å². The van der Waals surface area contributed by atoms with Crippen LogP contribution >= 0.6 is 0 Å². The number of hydrogen-bond donors (Lipinski definition) is 0. The Morgan fingerprint density at radius 1 is 1.24 bits per heavy atom. The molecule has 25 heavy (non-hydrogen) atoms. The summed E-state index contributed by atoms with van der Waals surface area (Å²) in [6.45, 7) is 9.68. The van der Waals surface area contributed by atoms with Gasteiger partial charge in [-0.05, 0) is 62.5 Å². The first-order valence-corrected chi connectivity index (χ1v) is 8.65. The predicted molar refractivity (Wildman–Crippen MR) is 97.7 cm³/mol. The Morgan fingerprint density at radius 3 is 2.52 bits per heavy atom. The highest BCUT2D eigenvalue weighted by Gasteiger charge is 2.23. The maximum atomic E-state index is 12.6. The van der Waals surface area contributed by atoms with Gasteiger partial charge in [0.2, 0.25) is 0 Å². The van der Waals surface area contributed by atoms with E-state index in [-0.39, 0.29) is 11.7 Å². The summed E-state index contributed by atoms with van der Waals surface area (Å²) in [5, 5.41) is 0. The van der Waals surface area contributed by atoms with Crippen molar-refractivity contribution < 1.29 is 14.3 Å². The number of pyridine rings is 1. The Balaban J connectivity index is 2.10. The van der Waals surface area contributed by atoms with E-state index in [0.29, 0.717) is 6.42 Å². The molecule has 0 radical (unpaired) electrons. The van der Waals surface area contributed by atoms with Gasteiger partial charge in [0.05, 0.1) is 16.7 Å². The van der Waals surface area contributed by atoms with Gasteiger partial charge in [-0.2, -0.15) is 0 Å². The molecule has 0 saturated carbocycles. The summed E-state index contributed by atoms with van der Waals surface area (Å²) in [6, 6.07) is 3.76. The zero-order valence-electron chi connectivity index (χ0n) is 15.4. The minimum absolute atomic E-state index is 0.146. The third-order valence-electron chi connectivity index (χ3n) is 4.19. The van der Waals surface area contributed by atoms with Gasteiger partial charge in [0.15, 0.2) is 5.78 Å². The number of rotatable bonds is 2. The highest BCUT2D eigenvalue weighted by Crippen LogP contribution is 2.31. The Kier molecular flexibility index (Phi) is 4.27. The van der Waals surface area contributed by atoms with Crippen LogP contribution in [0.25, 0.3) is 16.6 Å². The Hall–Kier alpha value is -2.43. The molecule has 1 aliphatic carbocycles. The van der Waals surface area contributed by atoms with Crippen molar-refractivity contribution in [2.24, 2.45) is 0 Å². The van der Waals surface area contributed by atoms with Crippen LogP contribution in [0.3, 0.4) is 0 Å². The molecule has 0 amide bonds. The van der Waals surface area contributed by atoms with E-state index < -0.39 is 11.7 Å². The highest BCUT2D eigenvalue weighted by atomic mass is 16.6. The quantitative estimate of drug-likeness (QED) is 0.796.